The Morgan fingerprint density at radius 1 is 1.12 bits per heavy atom. The summed E-state index contributed by atoms with van der Waals surface area (Å²) in [7, 11) is 0. The van der Waals surface area contributed by atoms with Gasteiger partial charge in [-0.15, -0.1) is 0 Å². The van der Waals surface area contributed by atoms with Crippen LogP contribution in [0.15, 0.2) is 42.9 Å². The maximum atomic E-state index is 12.2. The molecular weight excluding hydrogens is 324 g/mol. The molecule has 0 bridgehead atoms. The maximum absolute atomic E-state index is 12.2. The second-order valence-corrected chi connectivity index (χ2v) is 5.29. The van der Waals surface area contributed by atoms with Crippen LogP contribution in [0.2, 0.25) is 0 Å². The fourth-order valence-electron chi connectivity index (χ4n) is 2.28. The standard InChI is InChI=1S/C18H22N2O5/c1-3-23-18(22)25-11-7-10-24-17(21)16-12-19-13-20(16)14(2)15-8-5-4-6-9-15/h4-6,8-9,12-14H,3,7,10-11H2,1-2H3/t14-/m1/s1. The van der Waals surface area contributed by atoms with Crippen LogP contribution in [-0.2, 0) is 14.2 Å². The molecule has 0 radical (unpaired) electrons. The number of esters is 1. The molecule has 0 aliphatic heterocycles. The van der Waals surface area contributed by atoms with E-state index in [0.29, 0.717) is 12.1 Å². The van der Waals surface area contributed by atoms with E-state index in [4.69, 9.17) is 9.47 Å². The van der Waals surface area contributed by atoms with E-state index >= 15 is 0 Å². The van der Waals surface area contributed by atoms with Gasteiger partial charge in [-0.25, -0.2) is 14.6 Å². The molecule has 1 heterocycles. The average Bonchev–Trinajstić information content (AvgIpc) is 3.11. The molecule has 134 valence electrons. The van der Waals surface area contributed by atoms with Crippen LogP contribution in [0, 0.1) is 0 Å². The molecule has 25 heavy (non-hydrogen) atoms. The van der Waals surface area contributed by atoms with E-state index in [9.17, 15) is 9.59 Å². The molecule has 1 aromatic heterocycles. The van der Waals surface area contributed by atoms with Gasteiger partial charge in [-0.05, 0) is 19.4 Å². The molecule has 0 aliphatic carbocycles. The van der Waals surface area contributed by atoms with E-state index in [2.05, 4.69) is 9.72 Å². The number of hydrogen-bond acceptors (Lipinski definition) is 6. The molecule has 2 rings (SSSR count). The number of carbonyl (C=O) groups excluding carboxylic acids is 2. The highest BCUT2D eigenvalue weighted by Gasteiger charge is 2.18. The van der Waals surface area contributed by atoms with Gasteiger partial charge in [0.15, 0.2) is 0 Å². The second kappa shape index (κ2) is 9.46. The Bertz CT molecular complexity index is 684. The highest BCUT2D eigenvalue weighted by Crippen LogP contribution is 2.19. The van der Waals surface area contributed by atoms with Crippen molar-refractivity contribution >= 4 is 12.1 Å². The molecule has 7 heteroatoms. The minimum atomic E-state index is -0.719. The van der Waals surface area contributed by atoms with Gasteiger partial charge in [0.05, 0.1) is 38.4 Å². The first-order valence-electron chi connectivity index (χ1n) is 8.17. The molecule has 0 unspecified atom stereocenters. The largest absolute Gasteiger partial charge is 0.508 e. The molecule has 0 saturated carbocycles. The number of imidazole rings is 1. The van der Waals surface area contributed by atoms with Crippen LogP contribution in [0.3, 0.4) is 0 Å². The Balaban J connectivity index is 1.85. The van der Waals surface area contributed by atoms with Gasteiger partial charge in [0.2, 0.25) is 0 Å². The number of rotatable bonds is 8. The molecule has 0 saturated heterocycles. The Kier molecular flexibility index (Phi) is 7.00. The molecular formula is C18H22N2O5. The summed E-state index contributed by atoms with van der Waals surface area (Å²) in [5.41, 5.74) is 1.44. The minimum absolute atomic E-state index is 0.0432. The van der Waals surface area contributed by atoms with Crippen molar-refractivity contribution < 1.29 is 23.8 Å². The first kappa shape index (κ1) is 18.5. The van der Waals surface area contributed by atoms with E-state index in [1.807, 2.05) is 37.3 Å². The van der Waals surface area contributed by atoms with Gasteiger partial charge < -0.3 is 18.8 Å². The van der Waals surface area contributed by atoms with Crippen LogP contribution in [-0.4, -0.2) is 41.5 Å². The zero-order valence-electron chi connectivity index (χ0n) is 14.4. The molecule has 0 aliphatic rings. The van der Waals surface area contributed by atoms with Gasteiger partial charge in [-0.1, -0.05) is 30.3 Å². The zero-order chi connectivity index (χ0) is 18.1. The van der Waals surface area contributed by atoms with Crippen molar-refractivity contribution in [3.05, 3.63) is 54.1 Å². The van der Waals surface area contributed by atoms with E-state index in [-0.39, 0.29) is 25.9 Å². The van der Waals surface area contributed by atoms with Crippen LogP contribution in [0.4, 0.5) is 4.79 Å². The smallest absolute Gasteiger partial charge is 0.461 e. The van der Waals surface area contributed by atoms with E-state index < -0.39 is 12.1 Å². The third kappa shape index (κ3) is 5.34. The zero-order valence-corrected chi connectivity index (χ0v) is 14.4. The third-order valence-electron chi connectivity index (χ3n) is 3.58. The number of aromatic nitrogens is 2. The van der Waals surface area contributed by atoms with Crippen molar-refractivity contribution in [2.24, 2.45) is 0 Å². The molecule has 1 atom stereocenters. The monoisotopic (exact) mass is 346 g/mol. The number of ether oxygens (including phenoxy) is 3. The van der Waals surface area contributed by atoms with Crippen molar-refractivity contribution in [1.29, 1.82) is 0 Å². The fraction of sp³-hybridized carbons (Fsp3) is 0.389. The van der Waals surface area contributed by atoms with Gasteiger partial charge >= 0.3 is 12.1 Å². The van der Waals surface area contributed by atoms with Crippen LogP contribution in [0.5, 0.6) is 0 Å². The number of benzene rings is 1. The Morgan fingerprint density at radius 3 is 2.56 bits per heavy atom. The summed E-state index contributed by atoms with van der Waals surface area (Å²) in [4.78, 5) is 27.3. The fourth-order valence-corrected chi connectivity index (χ4v) is 2.28. The lowest BCUT2D eigenvalue weighted by atomic mass is 10.1. The first-order chi connectivity index (χ1) is 12.1. The lowest BCUT2D eigenvalue weighted by Gasteiger charge is -2.16. The van der Waals surface area contributed by atoms with Gasteiger partial charge in [-0.3, -0.25) is 0 Å². The summed E-state index contributed by atoms with van der Waals surface area (Å²) in [6.07, 6.45) is 2.77. The summed E-state index contributed by atoms with van der Waals surface area (Å²) >= 11 is 0. The lowest BCUT2D eigenvalue weighted by Crippen LogP contribution is -2.17. The second-order valence-electron chi connectivity index (χ2n) is 5.29. The van der Waals surface area contributed by atoms with Crippen molar-refractivity contribution in [2.45, 2.75) is 26.3 Å². The summed E-state index contributed by atoms with van der Waals surface area (Å²) in [5.74, 6) is -0.462. The Hall–Kier alpha value is -2.83. The SMILES string of the molecule is CCOC(=O)OCCCOC(=O)c1cncn1[C@H](C)c1ccccc1. The maximum Gasteiger partial charge on any atom is 0.508 e. The van der Waals surface area contributed by atoms with Crippen LogP contribution >= 0.6 is 0 Å². The van der Waals surface area contributed by atoms with E-state index in [1.54, 1.807) is 17.8 Å². The van der Waals surface area contributed by atoms with Crippen LogP contribution in [0.1, 0.15) is 42.4 Å². The highest BCUT2D eigenvalue weighted by atomic mass is 16.7. The number of hydrogen-bond donors (Lipinski definition) is 0. The van der Waals surface area contributed by atoms with Gasteiger partial charge in [0.1, 0.15) is 5.69 Å². The lowest BCUT2D eigenvalue weighted by molar-refractivity contribution is 0.0389. The average molecular weight is 346 g/mol. The minimum Gasteiger partial charge on any atom is -0.461 e. The van der Waals surface area contributed by atoms with Crippen LogP contribution in [0.25, 0.3) is 0 Å². The van der Waals surface area contributed by atoms with E-state index in [0.717, 1.165) is 5.56 Å². The Morgan fingerprint density at radius 2 is 1.84 bits per heavy atom. The highest BCUT2D eigenvalue weighted by molar-refractivity contribution is 5.87. The van der Waals surface area contributed by atoms with Gasteiger partial charge in [-0.2, -0.15) is 0 Å². The molecule has 0 spiro atoms. The summed E-state index contributed by atoms with van der Waals surface area (Å²) < 4.78 is 16.4. The first-order valence-corrected chi connectivity index (χ1v) is 8.17. The molecule has 0 amide bonds. The molecule has 1 aromatic carbocycles. The molecule has 7 nitrogen and oxygen atoms in total. The summed E-state index contributed by atoms with van der Waals surface area (Å²) in [6, 6.07) is 9.78. The topological polar surface area (TPSA) is 79.7 Å². The van der Waals surface area contributed by atoms with Gasteiger partial charge in [0, 0.05) is 6.42 Å². The molecule has 0 fully saturated rings. The molecule has 0 N–H and O–H groups in total. The van der Waals surface area contributed by atoms with Crippen molar-refractivity contribution in [1.82, 2.24) is 9.55 Å². The predicted octanol–water partition coefficient (Wildman–Crippen LogP) is 3.21. The van der Waals surface area contributed by atoms with E-state index in [1.165, 1.54) is 6.20 Å². The number of nitrogens with zero attached hydrogens (tertiary/aromatic N) is 2. The summed E-state index contributed by atoms with van der Waals surface area (Å²) in [5, 5.41) is 0. The third-order valence-corrected chi connectivity index (χ3v) is 3.58. The van der Waals surface area contributed by atoms with Crippen molar-refractivity contribution in [2.75, 3.05) is 19.8 Å². The molecule has 2 aromatic rings. The Labute approximate surface area is 146 Å². The normalized spacial score (nSPS) is 11.6. The van der Waals surface area contributed by atoms with Gasteiger partial charge in [0.25, 0.3) is 0 Å². The summed E-state index contributed by atoms with van der Waals surface area (Å²) in [6.45, 7) is 4.22. The quantitative estimate of drug-likeness (QED) is 0.539. The van der Waals surface area contributed by atoms with Crippen molar-refractivity contribution in [3.63, 3.8) is 0 Å². The van der Waals surface area contributed by atoms with Crippen molar-refractivity contribution in [3.8, 4) is 0 Å². The number of carbonyl (C=O) groups is 2. The predicted molar refractivity (Wildman–Crippen MR) is 90.4 cm³/mol. The van der Waals surface area contributed by atoms with Crippen LogP contribution < -0.4 is 0 Å².